The summed E-state index contributed by atoms with van der Waals surface area (Å²) in [4.78, 5) is 41.3. The maximum atomic E-state index is 13.2. The highest BCUT2D eigenvalue weighted by atomic mass is 16.5. The summed E-state index contributed by atoms with van der Waals surface area (Å²) >= 11 is 0. The standard InChI is InChI=1S/C24H27N3O4/c1-6-26(7-2)18-9-8-17(21(14-18)31-5)13-20-22(28)25-24(30)27(23(20)29)19-11-15(3)10-16(4)12-19/h8-14H,6-7H2,1-5H3,(H,25,28,30)/b20-13+. The Bertz CT molecular complexity index is 1050. The second-order valence-electron chi connectivity index (χ2n) is 7.40. The molecule has 1 N–H and O–H groups in total. The summed E-state index contributed by atoms with van der Waals surface area (Å²) in [5.41, 5.74) is 3.66. The highest BCUT2D eigenvalue weighted by Gasteiger charge is 2.37. The number of methoxy groups -OCH3 is 1. The zero-order valence-corrected chi connectivity index (χ0v) is 18.5. The molecule has 0 spiro atoms. The van der Waals surface area contributed by atoms with Crippen LogP contribution in [0.5, 0.6) is 5.75 Å². The van der Waals surface area contributed by atoms with Gasteiger partial charge in [0.25, 0.3) is 11.8 Å². The van der Waals surface area contributed by atoms with Crippen LogP contribution in [0.1, 0.15) is 30.5 Å². The number of hydrogen-bond donors (Lipinski definition) is 1. The fraction of sp³-hybridized carbons (Fsp3) is 0.292. The Balaban J connectivity index is 2.04. The number of amides is 4. The number of nitrogens with zero attached hydrogens (tertiary/aromatic N) is 2. The van der Waals surface area contributed by atoms with Gasteiger partial charge in [-0.2, -0.15) is 0 Å². The smallest absolute Gasteiger partial charge is 0.335 e. The van der Waals surface area contributed by atoms with Crippen LogP contribution in [0.2, 0.25) is 0 Å². The summed E-state index contributed by atoms with van der Waals surface area (Å²) in [6, 6.07) is 10.2. The number of carbonyl (C=O) groups excluding carboxylic acids is 3. The maximum Gasteiger partial charge on any atom is 0.335 e. The Morgan fingerprint density at radius 2 is 1.65 bits per heavy atom. The minimum atomic E-state index is -0.763. The van der Waals surface area contributed by atoms with E-state index in [0.29, 0.717) is 17.0 Å². The number of hydrogen-bond acceptors (Lipinski definition) is 5. The van der Waals surface area contributed by atoms with Gasteiger partial charge in [-0.3, -0.25) is 14.9 Å². The molecule has 0 saturated carbocycles. The average Bonchev–Trinajstić information content (AvgIpc) is 2.71. The number of anilines is 2. The molecule has 31 heavy (non-hydrogen) atoms. The van der Waals surface area contributed by atoms with E-state index in [1.165, 1.54) is 13.2 Å². The third-order valence-electron chi connectivity index (χ3n) is 5.21. The number of barbiturate groups is 1. The van der Waals surface area contributed by atoms with E-state index in [9.17, 15) is 14.4 Å². The number of nitrogens with one attached hydrogen (secondary N) is 1. The van der Waals surface area contributed by atoms with Crippen molar-refractivity contribution in [2.24, 2.45) is 0 Å². The molecule has 2 aromatic rings. The lowest BCUT2D eigenvalue weighted by molar-refractivity contribution is -0.122. The van der Waals surface area contributed by atoms with E-state index in [1.54, 1.807) is 18.2 Å². The highest BCUT2D eigenvalue weighted by molar-refractivity contribution is 6.39. The van der Waals surface area contributed by atoms with Crippen molar-refractivity contribution in [3.63, 3.8) is 0 Å². The molecule has 0 bridgehead atoms. The van der Waals surface area contributed by atoms with Gasteiger partial charge in [-0.15, -0.1) is 0 Å². The van der Waals surface area contributed by atoms with Crippen LogP contribution < -0.4 is 19.9 Å². The average molecular weight is 421 g/mol. The SMILES string of the molecule is CCN(CC)c1ccc(/C=C2\C(=O)NC(=O)N(c3cc(C)cc(C)c3)C2=O)c(OC)c1. The molecule has 1 fully saturated rings. The molecular formula is C24H27N3O4. The van der Waals surface area contributed by atoms with Crippen LogP contribution in [-0.4, -0.2) is 38.0 Å². The minimum Gasteiger partial charge on any atom is -0.496 e. The summed E-state index contributed by atoms with van der Waals surface area (Å²) in [5.74, 6) is -0.869. The van der Waals surface area contributed by atoms with Gasteiger partial charge in [0.15, 0.2) is 0 Å². The van der Waals surface area contributed by atoms with Crippen molar-refractivity contribution in [1.82, 2.24) is 5.32 Å². The van der Waals surface area contributed by atoms with Gasteiger partial charge in [0.2, 0.25) is 0 Å². The van der Waals surface area contributed by atoms with E-state index in [0.717, 1.165) is 34.8 Å². The molecule has 1 aliphatic heterocycles. The summed E-state index contributed by atoms with van der Waals surface area (Å²) in [7, 11) is 1.54. The molecule has 0 atom stereocenters. The van der Waals surface area contributed by atoms with Gasteiger partial charge >= 0.3 is 6.03 Å². The molecule has 4 amide bonds. The number of urea groups is 1. The molecule has 7 nitrogen and oxygen atoms in total. The molecule has 0 radical (unpaired) electrons. The van der Waals surface area contributed by atoms with Gasteiger partial charge in [-0.1, -0.05) is 6.07 Å². The summed E-state index contributed by atoms with van der Waals surface area (Å²) < 4.78 is 5.51. The van der Waals surface area contributed by atoms with E-state index >= 15 is 0 Å². The molecule has 7 heteroatoms. The monoisotopic (exact) mass is 421 g/mol. The number of carbonyl (C=O) groups is 3. The molecule has 162 valence electrons. The van der Waals surface area contributed by atoms with Gasteiger partial charge in [-0.25, -0.2) is 9.69 Å². The molecule has 1 heterocycles. The van der Waals surface area contributed by atoms with E-state index < -0.39 is 17.8 Å². The number of benzene rings is 2. The van der Waals surface area contributed by atoms with E-state index in [1.807, 2.05) is 32.0 Å². The highest BCUT2D eigenvalue weighted by Crippen LogP contribution is 2.29. The molecule has 2 aromatic carbocycles. The lowest BCUT2D eigenvalue weighted by Crippen LogP contribution is -2.54. The summed E-state index contributed by atoms with van der Waals surface area (Å²) in [5, 5.41) is 2.26. The van der Waals surface area contributed by atoms with Crippen LogP contribution in [0.15, 0.2) is 42.0 Å². The summed E-state index contributed by atoms with van der Waals surface area (Å²) in [6.45, 7) is 9.58. The number of imide groups is 2. The van der Waals surface area contributed by atoms with E-state index in [-0.39, 0.29) is 5.57 Å². The lowest BCUT2D eigenvalue weighted by atomic mass is 10.0. The maximum absolute atomic E-state index is 13.2. The van der Waals surface area contributed by atoms with Crippen LogP contribution in [0.25, 0.3) is 6.08 Å². The van der Waals surface area contributed by atoms with Gasteiger partial charge < -0.3 is 9.64 Å². The topological polar surface area (TPSA) is 79.0 Å². The molecule has 3 rings (SSSR count). The normalized spacial score (nSPS) is 15.3. The van der Waals surface area contributed by atoms with Crippen LogP contribution in [0.3, 0.4) is 0 Å². The molecule has 1 aliphatic rings. The Labute approximate surface area is 182 Å². The van der Waals surface area contributed by atoms with Gasteiger partial charge in [0.1, 0.15) is 11.3 Å². The number of rotatable bonds is 6. The second kappa shape index (κ2) is 9.04. The first kappa shape index (κ1) is 22.1. The predicted octanol–water partition coefficient (Wildman–Crippen LogP) is 3.82. The van der Waals surface area contributed by atoms with E-state index in [4.69, 9.17) is 4.74 Å². The zero-order chi connectivity index (χ0) is 22.7. The summed E-state index contributed by atoms with van der Waals surface area (Å²) in [6.07, 6.45) is 1.46. The van der Waals surface area contributed by atoms with Crippen molar-refractivity contribution in [3.05, 3.63) is 58.7 Å². The van der Waals surface area contributed by atoms with Crippen molar-refractivity contribution in [1.29, 1.82) is 0 Å². The van der Waals surface area contributed by atoms with Crippen molar-refractivity contribution in [3.8, 4) is 5.75 Å². The Morgan fingerprint density at radius 3 is 2.23 bits per heavy atom. The number of ether oxygens (including phenoxy) is 1. The van der Waals surface area contributed by atoms with Crippen molar-refractivity contribution in [2.75, 3.05) is 30.0 Å². The molecule has 1 saturated heterocycles. The van der Waals surface area contributed by atoms with Crippen molar-refractivity contribution < 1.29 is 19.1 Å². The quantitative estimate of drug-likeness (QED) is 0.567. The molecule has 0 aromatic heterocycles. The van der Waals surface area contributed by atoms with Crippen LogP contribution in [0, 0.1) is 13.8 Å². The largest absolute Gasteiger partial charge is 0.496 e. The molecule has 0 unspecified atom stereocenters. The first-order valence-electron chi connectivity index (χ1n) is 10.2. The third-order valence-corrected chi connectivity index (χ3v) is 5.21. The second-order valence-corrected chi connectivity index (χ2v) is 7.40. The fourth-order valence-electron chi connectivity index (χ4n) is 3.73. The van der Waals surface area contributed by atoms with Crippen molar-refractivity contribution in [2.45, 2.75) is 27.7 Å². The van der Waals surface area contributed by atoms with E-state index in [2.05, 4.69) is 24.1 Å². The van der Waals surface area contributed by atoms with Crippen LogP contribution in [-0.2, 0) is 9.59 Å². The first-order valence-corrected chi connectivity index (χ1v) is 10.2. The lowest BCUT2D eigenvalue weighted by Gasteiger charge is -2.27. The van der Waals surface area contributed by atoms with Gasteiger partial charge in [0, 0.05) is 30.4 Å². The first-order chi connectivity index (χ1) is 14.8. The fourth-order valence-corrected chi connectivity index (χ4v) is 3.73. The Morgan fingerprint density at radius 1 is 1.00 bits per heavy atom. The predicted molar refractivity (Wildman–Crippen MR) is 121 cm³/mol. The van der Waals surface area contributed by atoms with Crippen LogP contribution >= 0.6 is 0 Å². The third kappa shape index (κ3) is 4.45. The van der Waals surface area contributed by atoms with Gasteiger partial charge in [0.05, 0.1) is 12.8 Å². The Kier molecular flexibility index (Phi) is 6.44. The Hall–Kier alpha value is -3.61. The minimum absolute atomic E-state index is 0.132. The molecule has 0 aliphatic carbocycles. The van der Waals surface area contributed by atoms with Crippen LogP contribution in [0.4, 0.5) is 16.2 Å². The molecular weight excluding hydrogens is 394 g/mol. The number of aryl methyl sites for hydroxylation is 2. The van der Waals surface area contributed by atoms with Gasteiger partial charge in [-0.05, 0) is 69.2 Å². The zero-order valence-electron chi connectivity index (χ0n) is 18.5. The van der Waals surface area contributed by atoms with Crippen molar-refractivity contribution >= 4 is 35.3 Å².